The number of nitrogens with zero attached hydrogens (tertiary/aromatic N) is 3. The Morgan fingerprint density at radius 3 is 2.87 bits per heavy atom. The van der Waals surface area contributed by atoms with Gasteiger partial charge in [-0.15, -0.1) is 11.3 Å². The summed E-state index contributed by atoms with van der Waals surface area (Å²) in [5, 5.41) is 5.22. The predicted molar refractivity (Wildman–Crippen MR) is 152 cm³/mol. The number of benzene rings is 2. The smallest absolute Gasteiger partial charge is 0.348 e. The van der Waals surface area contributed by atoms with Crippen molar-refractivity contribution in [2.24, 2.45) is 0 Å². The van der Waals surface area contributed by atoms with Gasteiger partial charge in [0.05, 0.1) is 25.8 Å². The molecule has 0 amide bonds. The normalized spacial score (nSPS) is 16.0. The zero-order valence-corrected chi connectivity index (χ0v) is 23.0. The molecule has 5 rings (SSSR count). The number of thiophene rings is 1. The Kier molecular flexibility index (Phi) is 8.24. The lowest BCUT2D eigenvalue weighted by Crippen LogP contribution is -2.38. The summed E-state index contributed by atoms with van der Waals surface area (Å²) in [6.07, 6.45) is 6.38. The first-order valence-corrected chi connectivity index (χ1v) is 14.0. The summed E-state index contributed by atoms with van der Waals surface area (Å²) >= 11 is 1.43. The van der Waals surface area contributed by atoms with Gasteiger partial charge in [-0.05, 0) is 75.4 Å². The number of aromatic nitrogens is 2. The summed E-state index contributed by atoms with van der Waals surface area (Å²) in [7, 11) is 1.64. The number of methoxy groups -OCH3 is 1. The summed E-state index contributed by atoms with van der Waals surface area (Å²) in [5.41, 5.74) is 1.62. The van der Waals surface area contributed by atoms with E-state index in [2.05, 4.69) is 27.1 Å². The van der Waals surface area contributed by atoms with Gasteiger partial charge in [0.2, 0.25) is 0 Å². The number of anilines is 2. The molecule has 0 bridgehead atoms. The van der Waals surface area contributed by atoms with Crippen LogP contribution in [0.25, 0.3) is 21.0 Å². The van der Waals surface area contributed by atoms with E-state index in [-0.39, 0.29) is 5.97 Å². The number of hydrogen-bond acceptors (Lipinski definition) is 9. The van der Waals surface area contributed by atoms with Crippen molar-refractivity contribution in [3.63, 3.8) is 0 Å². The fourth-order valence-electron chi connectivity index (χ4n) is 4.94. The first-order chi connectivity index (χ1) is 18.6. The van der Waals surface area contributed by atoms with Crippen LogP contribution in [0.2, 0.25) is 0 Å². The van der Waals surface area contributed by atoms with Crippen LogP contribution in [0, 0.1) is 0 Å². The molecule has 1 saturated heterocycles. The lowest BCUT2D eigenvalue weighted by molar-refractivity contribution is 0.0532. The summed E-state index contributed by atoms with van der Waals surface area (Å²) < 4.78 is 18.0. The number of likely N-dealkylation sites (tertiary alicyclic amines) is 1. The maximum absolute atomic E-state index is 12.1. The zero-order valence-electron chi connectivity index (χ0n) is 22.2. The Hall–Kier alpha value is -3.43. The van der Waals surface area contributed by atoms with Crippen molar-refractivity contribution in [3.8, 4) is 11.5 Å². The van der Waals surface area contributed by atoms with E-state index in [0.717, 1.165) is 39.6 Å². The minimum atomic E-state index is -0.295. The first kappa shape index (κ1) is 26.2. The number of carbonyl (C=O) groups excluding carboxylic acids is 1. The summed E-state index contributed by atoms with van der Waals surface area (Å²) in [6.45, 7) is 7.30. The van der Waals surface area contributed by atoms with Crippen LogP contribution in [0.15, 0.2) is 42.7 Å². The van der Waals surface area contributed by atoms with E-state index in [1.807, 2.05) is 36.4 Å². The van der Waals surface area contributed by atoms with E-state index >= 15 is 0 Å². The highest BCUT2D eigenvalue weighted by Crippen LogP contribution is 2.36. The quantitative estimate of drug-likeness (QED) is 0.184. The zero-order chi connectivity index (χ0) is 26.5. The van der Waals surface area contributed by atoms with E-state index in [1.165, 1.54) is 43.5 Å². The van der Waals surface area contributed by atoms with Crippen LogP contribution in [0.1, 0.15) is 49.2 Å². The molecule has 0 spiro atoms. The van der Waals surface area contributed by atoms with Gasteiger partial charge in [-0.3, -0.25) is 0 Å². The molecule has 8 nitrogen and oxygen atoms in total. The molecule has 38 heavy (non-hydrogen) atoms. The number of hydrogen-bond donors (Lipinski definition) is 1. The molecule has 3 heterocycles. The molecule has 2 aromatic carbocycles. The number of rotatable bonds is 10. The Balaban J connectivity index is 1.33. The largest absolute Gasteiger partial charge is 0.493 e. The number of piperidine rings is 1. The molecule has 1 unspecified atom stereocenters. The molecule has 0 radical (unpaired) electrons. The minimum absolute atomic E-state index is 0.295. The van der Waals surface area contributed by atoms with Crippen molar-refractivity contribution < 1.29 is 19.0 Å². The van der Waals surface area contributed by atoms with Crippen LogP contribution in [0.3, 0.4) is 0 Å². The fraction of sp³-hybridized carbons (Fsp3) is 0.414. The topological polar surface area (TPSA) is 85.8 Å². The van der Waals surface area contributed by atoms with Crippen LogP contribution in [-0.4, -0.2) is 60.3 Å². The summed E-state index contributed by atoms with van der Waals surface area (Å²) in [6, 6.07) is 12.3. The third-order valence-corrected chi connectivity index (χ3v) is 8.06. The Morgan fingerprint density at radius 2 is 2.05 bits per heavy atom. The molecular formula is C29H34N4O4S. The molecule has 1 atom stereocenters. The predicted octanol–water partition coefficient (Wildman–Crippen LogP) is 6.42. The fourth-order valence-corrected chi connectivity index (χ4v) is 5.87. The molecule has 0 saturated carbocycles. The van der Waals surface area contributed by atoms with Crippen molar-refractivity contribution in [1.82, 2.24) is 14.9 Å². The number of fused-ring (bicyclic) bond motifs is 2. The van der Waals surface area contributed by atoms with Crippen LogP contribution in [-0.2, 0) is 4.74 Å². The van der Waals surface area contributed by atoms with E-state index in [4.69, 9.17) is 14.2 Å². The lowest BCUT2D eigenvalue weighted by atomic mass is 10.0. The second-order valence-corrected chi connectivity index (χ2v) is 10.6. The van der Waals surface area contributed by atoms with E-state index in [9.17, 15) is 4.79 Å². The van der Waals surface area contributed by atoms with Gasteiger partial charge in [0.25, 0.3) is 0 Å². The molecule has 1 fully saturated rings. The highest BCUT2D eigenvalue weighted by atomic mass is 32.1. The molecule has 4 aromatic rings. The van der Waals surface area contributed by atoms with Gasteiger partial charge in [-0.25, -0.2) is 14.8 Å². The number of esters is 1. The maximum atomic E-state index is 12.1. The van der Waals surface area contributed by atoms with E-state index < -0.39 is 0 Å². The lowest BCUT2D eigenvalue weighted by Gasteiger charge is -2.33. The SMILES string of the molecule is CCOC(=O)c1cc2cc(Nc3ncnc4cc(OC)c(OCCCN5CCCCC5C)cc34)ccc2s1. The Bertz CT molecular complexity index is 1420. The van der Waals surface area contributed by atoms with Crippen molar-refractivity contribution in [2.45, 2.75) is 45.6 Å². The van der Waals surface area contributed by atoms with Crippen LogP contribution < -0.4 is 14.8 Å². The van der Waals surface area contributed by atoms with Gasteiger partial charge in [0.1, 0.15) is 17.0 Å². The first-order valence-electron chi connectivity index (χ1n) is 13.2. The average Bonchev–Trinajstić information content (AvgIpc) is 3.36. The Morgan fingerprint density at radius 1 is 1.16 bits per heavy atom. The highest BCUT2D eigenvalue weighted by molar-refractivity contribution is 7.20. The number of carbonyl (C=O) groups is 1. The molecular weight excluding hydrogens is 500 g/mol. The Labute approximate surface area is 226 Å². The summed E-state index contributed by atoms with van der Waals surface area (Å²) in [5.74, 6) is 1.71. The standard InChI is InChI=1S/C29H34N4O4S/c1-4-36-29(34)27-15-20-14-21(9-10-26(20)38-27)32-28-22-16-25(24(35-3)17-23(22)30-18-31-28)37-13-7-12-33-11-6-5-8-19(33)2/h9-10,14-19H,4-8,11-13H2,1-3H3,(H,30,31,32). The van der Waals surface area contributed by atoms with Gasteiger partial charge in [0.15, 0.2) is 11.5 Å². The van der Waals surface area contributed by atoms with Gasteiger partial charge >= 0.3 is 5.97 Å². The minimum Gasteiger partial charge on any atom is -0.493 e. The third kappa shape index (κ3) is 5.84. The maximum Gasteiger partial charge on any atom is 0.348 e. The number of nitrogens with one attached hydrogen (secondary N) is 1. The molecule has 1 aliphatic heterocycles. The molecule has 9 heteroatoms. The molecule has 1 N–H and O–H groups in total. The molecule has 200 valence electrons. The van der Waals surface area contributed by atoms with Gasteiger partial charge in [-0.2, -0.15) is 0 Å². The third-order valence-electron chi connectivity index (χ3n) is 6.96. The van der Waals surface area contributed by atoms with E-state index in [1.54, 1.807) is 14.0 Å². The average molecular weight is 535 g/mol. The van der Waals surface area contributed by atoms with Crippen molar-refractivity contribution in [3.05, 3.63) is 47.6 Å². The van der Waals surface area contributed by atoms with Gasteiger partial charge in [-0.1, -0.05) is 6.42 Å². The number of ether oxygens (including phenoxy) is 3. The second kappa shape index (κ2) is 12.0. The summed E-state index contributed by atoms with van der Waals surface area (Å²) in [4.78, 5) is 24.2. The monoisotopic (exact) mass is 534 g/mol. The van der Waals surface area contributed by atoms with Crippen LogP contribution in [0.4, 0.5) is 11.5 Å². The van der Waals surface area contributed by atoms with Crippen molar-refractivity contribution in [2.75, 3.05) is 38.7 Å². The van der Waals surface area contributed by atoms with Gasteiger partial charge < -0.3 is 24.4 Å². The highest BCUT2D eigenvalue weighted by Gasteiger charge is 2.18. The van der Waals surface area contributed by atoms with Crippen molar-refractivity contribution in [1.29, 1.82) is 0 Å². The second-order valence-electron chi connectivity index (χ2n) is 9.53. The van der Waals surface area contributed by atoms with Crippen molar-refractivity contribution >= 4 is 49.8 Å². The van der Waals surface area contributed by atoms with Crippen LogP contribution in [0.5, 0.6) is 11.5 Å². The molecule has 0 aliphatic carbocycles. The van der Waals surface area contributed by atoms with Gasteiger partial charge in [0, 0.05) is 34.4 Å². The van der Waals surface area contributed by atoms with E-state index in [0.29, 0.717) is 41.4 Å². The van der Waals surface area contributed by atoms with Crippen LogP contribution >= 0.6 is 11.3 Å². The molecule has 2 aromatic heterocycles. The molecule has 1 aliphatic rings.